The first-order valence-electron chi connectivity index (χ1n) is 7.58. The molecule has 0 heterocycles. The predicted molar refractivity (Wildman–Crippen MR) is 88.5 cm³/mol. The van der Waals surface area contributed by atoms with Gasteiger partial charge in [0.05, 0.1) is 6.61 Å². The molecule has 1 aliphatic carbocycles. The Morgan fingerprint density at radius 3 is 2.55 bits per heavy atom. The van der Waals surface area contributed by atoms with Crippen LogP contribution in [-0.4, -0.2) is 17.8 Å². The quantitative estimate of drug-likeness (QED) is 0.801. The van der Waals surface area contributed by atoms with E-state index in [1.165, 1.54) is 32.1 Å². The summed E-state index contributed by atoms with van der Waals surface area (Å²) in [4.78, 5) is 0. The molecular formula is C16H24N2OS. The maximum Gasteiger partial charge on any atom is 0.170 e. The highest BCUT2D eigenvalue weighted by atomic mass is 32.1. The number of hydrogen-bond donors (Lipinski definition) is 2. The van der Waals surface area contributed by atoms with Crippen LogP contribution >= 0.6 is 12.2 Å². The summed E-state index contributed by atoms with van der Waals surface area (Å²) in [6.07, 6.45) is 7.46. The average molecular weight is 292 g/mol. The van der Waals surface area contributed by atoms with Gasteiger partial charge in [0.15, 0.2) is 5.11 Å². The highest BCUT2D eigenvalue weighted by Crippen LogP contribution is 2.18. The van der Waals surface area contributed by atoms with Gasteiger partial charge in [-0.05, 0) is 55.7 Å². The molecule has 0 saturated heterocycles. The molecule has 0 amide bonds. The van der Waals surface area contributed by atoms with E-state index >= 15 is 0 Å². The number of hydrogen-bond acceptors (Lipinski definition) is 2. The lowest BCUT2D eigenvalue weighted by atomic mass is 9.96. The van der Waals surface area contributed by atoms with E-state index < -0.39 is 0 Å². The van der Waals surface area contributed by atoms with E-state index in [2.05, 4.69) is 17.6 Å². The number of nitrogens with one attached hydrogen (secondary N) is 2. The summed E-state index contributed by atoms with van der Waals surface area (Å²) in [6, 6.07) is 8.48. The lowest BCUT2D eigenvalue weighted by molar-refractivity contribution is 0.317. The first-order chi connectivity index (χ1) is 9.78. The van der Waals surface area contributed by atoms with Gasteiger partial charge in [-0.25, -0.2) is 0 Å². The SMILES string of the molecule is CCCOc1ccc(NC(=S)NC2CCCCC2)cc1. The third kappa shape index (κ3) is 5.00. The molecule has 110 valence electrons. The van der Waals surface area contributed by atoms with Crippen LogP contribution in [0.2, 0.25) is 0 Å². The van der Waals surface area contributed by atoms with Gasteiger partial charge in [-0.15, -0.1) is 0 Å². The van der Waals surface area contributed by atoms with Gasteiger partial charge < -0.3 is 15.4 Å². The molecular weight excluding hydrogens is 268 g/mol. The maximum atomic E-state index is 5.56. The second-order valence-electron chi connectivity index (χ2n) is 5.31. The largest absolute Gasteiger partial charge is 0.494 e. The highest BCUT2D eigenvalue weighted by Gasteiger charge is 2.13. The summed E-state index contributed by atoms with van der Waals surface area (Å²) in [7, 11) is 0. The fourth-order valence-electron chi connectivity index (χ4n) is 2.45. The van der Waals surface area contributed by atoms with Crippen molar-refractivity contribution in [3.63, 3.8) is 0 Å². The lowest BCUT2D eigenvalue weighted by Gasteiger charge is -2.24. The van der Waals surface area contributed by atoms with Crippen molar-refractivity contribution >= 4 is 23.0 Å². The van der Waals surface area contributed by atoms with Crippen LogP contribution in [-0.2, 0) is 0 Å². The standard InChI is InChI=1S/C16H24N2OS/c1-2-12-19-15-10-8-14(9-11-15)18-16(20)17-13-6-4-3-5-7-13/h8-11,13H,2-7,12H2,1H3,(H2,17,18,20). The smallest absolute Gasteiger partial charge is 0.170 e. The van der Waals surface area contributed by atoms with Gasteiger partial charge in [-0.3, -0.25) is 0 Å². The van der Waals surface area contributed by atoms with Gasteiger partial charge in [0.2, 0.25) is 0 Å². The Balaban J connectivity index is 1.78. The Kier molecular flexibility index (Phi) is 6.12. The summed E-state index contributed by atoms with van der Waals surface area (Å²) in [5.41, 5.74) is 1.00. The van der Waals surface area contributed by atoms with Gasteiger partial charge in [0, 0.05) is 11.7 Å². The molecule has 0 aliphatic heterocycles. The van der Waals surface area contributed by atoms with Gasteiger partial charge in [0.1, 0.15) is 5.75 Å². The summed E-state index contributed by atoms with van der Waals surface area (Å²) in [5, 5.41) is 7.36. The summed E-state index contributed by atoms with van der Waals surface area (Å²) in [6.45, 7) is 2.86. The number of rotatable bonds is 5. The zero-order valence-electron chi connectivity index (χ0n) is 12.2. The summed E-state index contributed by atoms with van der Waals surface area (Å²) >= 11 is 5.37. The minimum Gasteiger partial charge on any atom is -0.494 e. The van der Waals surface area contributed by atoms with Crippen LogP contribution < -0.4 is 15.4 Å². The van der Waals surface area contributed by atoms with Gasteiger partial charge >= 0.3 is 0 Å². The van der Waals surface area contributed by atoms with E-state index in [1.807, 2.05) is 24.3 Å². The molecule has 1 saturated carbocycles. The van der Waals surface area contributed by atoms with Crippen molar-refractivity contribution in [1.82, 2.24) is 5.32 Å². The van der Waals surface area contributed by atoms with Gasteiger partial charge in [-0.1, -0.05) is 26.2 Å². The summed E-state index contributed by atoms with van der Waals surface area (Å²) in [5.74, 6) is 0.906. The molecule has 4 heteroatoms. The molecule has 0 atom stereocenters. The number of ether oxygens (including phenoxy) is 1. The van der Waals surface area contributed by atoms with E-state index in [9.17, 15) is 0 Å². The van der Waals surface area contributed by atoms with Crippen LogP contribution in [0.3, 0.4) is 0 Å². The lowest BCUT2D eigenvalue weighted by Crippen LogP contribution is -2.38. The van der Waals surface area contributed by atoms with Crippen molar-refractivity contribution in [2.75, 3.05) is 11.9 Å². The Hall–Kier alpha value is -1.29. The molecule has 2 N–H and O–H groups in total. The van der Waals surface area contributed by atoms with E-state index in [4.69, 9.17) is 17.0 Å². The van der Waals surface area contributed by atoms with Crippen molar-refractivity contribution in [1.29, 1.82) is 0 Å². The first kappa shape index (κ1) is 15.1. The molecule has 0 spiro atoms. The molecule has 0 aromatic heterocycles. The monoisotopic (exact) mass is 292 g/mol. The Bertz CT molecular complexity index is 413. The second kappa shape index (κ2) is 8.10. The van der Waals surface area contributed by atoms with E-state index in [1.54, 1.807) is 0 Å². The van der Waals surface area contributed by atoms with E-state index in [0.29, 0.717) is 6.04 Å². The Labute approximate surface area is 127 Å². The van der Waals surface area contributed by atoms with Gasteiger partial charge in [-0.2, -0.15) is 0 Å². The normalized spacial score (nSPS) is 15.7. The molecule has 2 rings (SSSR count). The average Bonchev–Trinajstić information content (AvgIpc) is 2.47. The number of thiocarbonyl (C=S) groups is 1. The van der Waals surface area contributed by atoms with Crippen molar-refractivity contribution in [2.24, 2.45) is 0 Å². The number of anilines is 1. The fraction of sp³-hybridized carbons (Fsp3) is 0.562. The third-order valence-electron chi connectivity index (χ3n) is 3.53. The summed E-state index contributed by atoms with van der Waals surface area (Å²) < 4.78 is 5.56. The zero-order valence-corrected chi connectivity index (χ0v) is 13.0. The van der Waals surface area contributed by atoms with Crippen LogP contribution in [0.15, 0.2) is 24.3 Å². The van der Waals surface area contributed by atoms with Crippen LogP contribution in [0, 0.1) is 0 Å². The maximum absolute atomic E-state index is 5.56. The highest BCUT2D eigenvalue weighted by molar-refractivity contribution is 7.80. The van der Waals surface area contributed by atoms with Crippen LogP contribution in [0.25, 0.3) is 0 Å². The Morgan fingerprint density at radius 1 is 1.20 bits per heavy atom. The first-order valence-corrected chi connectivity index (χ1v) is 7.99. The van der Waals surface area contributed by atoms with Crippen molar-refractivity contribution in [3.8, 4) is 5.75 Å². The minimum atomic E-state index is 0.538. The van der Waals surface area contributed by atoms with Gasteiger partial charge in [0.25, 0.3) is 0 Å². The van der Waals surface area contributed by atoms with Crippen LogP contribution in [0.4, 0.5) is 5.69 Å². The van der Waals surface area contributed by atoms with Crippen molar-refractivity contribution in [2.45, 2.75) is 51.5 Å². The van der Waals surface area contributed by atoms with E-state index in [-0.39, 0.29) is 0 Å². The predicted octanol–water partition coefficient (Wildman–Crippen LogP) is 4.09. The molecule has 1 aromatic carbocycles. The topological polar surface area (TPSA) is 33.3 Å². The van der Waals surface area contributed by atoms with Crippen molar-refractivity contribution < 1.29 is 4.74 Å². The second-order valence-corrected chi connectivity index (χ2v) is 5.71. The molecule has 0 bridgehead atoms. The minimum absolute atomic E-state index is 0.538. The number of benzene rings is 1. The molecule has 3 nitrogen and oxygen atoms in total. The molecule has 1 fully saturated rings. The van der Waals surface area contributed by atoms with Crippen LogP contribution in [0.1, 0.15) is 45.4 Å². The molecule has 1 aliphatic rings. The molecule has 0 unspecified atom stereocenters. The van der Waals surface area contributed by atoms with Crippen LogP contribution in [0.5, 0.6) is 5.75 Å². The molecule has 20 heavy (non-hydrogen) atoms. The van der Waals surface area contributed by atoms with Crippen molar-refractivity contribution in [3.05, 3.63) is 24.3 Å². The fourth-order valence-corrected chi connectivity index (χ4v) is 2.74. The van der Waals surface area contributed by atoms with E-state index in [0.717, 1.165) is 29.6 Å². The molecule has 0 radical (unpaired) electrons. The Morgan fingerprint density at radius 2 is 1.90 bits per heavy atom. The zero-order chi connectivity index (χ0) is 14.2. The molecule has 1 aromatic rings. The third-order valence-corrected chi connectivity index (χ3v) is 3.75.